The van der Waals surface area contributed by atoms with Crippen molar-refractivity contribution in [3.05, 3.63) is 10.6 Å². The van der Waals surface area contributed by atoms with Gasteiger partial charge in [0.05, 0.1) is 12.3 Å². The zero-order valence-electron chi connectivity index (χ0n) is 13.9. The van der Waals surface area contributed by atoms with Crippen LogP contribution in [0, 0.1) is 6.92 Å². The molecule has 2 aliphatic heterocycles. The number of nitrogens with zero attached hydrogens (tertiary/aromatic N) is 2. The van der Waals surface area contributed by atoms with E-state index in [9.17, 15) is 4.79 Å². The third-order valence-corrected chi connectivity index (χ3v) is 5.04. The summed E-state index contributed by atoms with van der Waals surface area (Å²) in [5, 5.41) is 4.02. The zero-order valence-corrected chi connectivity index (χ0v) is 14.7. The maximum atomic E-state index is 11.7. The number of aromatic nitrogens is 1. The van der Waals surface area contributed by atoms with Gasteiger partial charge in [-0.2, -0.15) is 0 Å². The number of nitrogens with two attached hydrogens (primary N) is 2. The molecule has 3 rings (SSSR count). The van der Waals surface area contributed by atoms with Gasteiger partial charge in [0.15, 0.2) is 5.13 Å². The molecule has 3 heterocycles. The molecule has 0 bridgehead atoms. The predicted octanol–water partition coefficient (Wildman–Crippen LogP) is 0.473. The molecule has 1 aromatic heterocycles. The van der Waals surface area contributed by atoms with Gasteiger partial charge in [0.25, 0.3) is 0 Å². The van der Waals surface area contributed by atoms with Crippen molar-refractivity contribution in [1.82, 2.24) is 10.3 Å². The Bertz CT molecular complexity index is 516. The molecular weight excluding hydrogens is 314 g/mol. The highest BCUT2D eigenvalue weighted by Gasteiger charge is 2.24. The number of aryl methyl sites for hydroxylation is 1. The van der Waals surface area contributed by atoms with Crippen LogP contribution in [0.1, 0.15) is 35.1 Å². The van der Waals surface area contributed by atoms with Crippen LogP contribution < -0.4 is 21.7 Å². The number of esters is 1. The summed E-state index contributed by atoms with van der Waals surface area (Å²) < 4.78 is 4.99. The quantitative estimate of drug-likeness (QED) is 0.686. The van der Waals surface area contributed by atoms with E-state index in [0.717, 1.165) is 49.8 Å². The van der Waals surface area contributed by atoms with Crippen molar-refractivity contribution in [1.29, 1.82) is 0 Å². The van der Waals surface area contributed by atoms with Gasteiger partial charge in [0, 0.05) is 31.7 Å². The molecule has 130 valence electrons. The first kappa shape index (κ1) is 18.1. The number of nitrogens with one attached hydrogen (secondary N) is 1. The standard InChI is InChI=1S/C11H17N3O2S.C4H10N2/c1-3-16-10(15)9-7(2)13-11(17-9)14-5-4-8(12)6-14;5-4-1-2-6-3-4/h8H,3-6,12H2,1-2H3;4,6H,1-3,5H2/t8-;4-/m11/s1. The molecule has 2 fully saturated rings. The topological polar surface area (TPSA) is 106 Å². The van der Waals surface area contributed by atoms with Crippen LogP contribution in [0.5, 0.6) is 0 Å². The highest BCUT2D eigenvalue weighted by Crippen LogP contribution is 2.28. The highest BCUT2D eigenvalue weighted by molar-refractivity contribution is 7.17. The van der Waals surface area contributed by atoms with E-state index in [1.54, 1.807) is 6.92 Å². The Hall–Kier alpha value is -1.22. The Morgan fingerprint density at radius 1 is 1.43 bits per heavy atom. The molecule has 7 nitrogen and oxygen atoms in total. The maximum absolute atomic E-state index is 11.7. The molecule has 2 aliphatic rings. The molecule has 0 radical (unpaired) electrons. The minimum atomic E-state index is -0.280. The third kappa shape index (κ3) is 5.13. The minimum Gasteiger partial charge on any atom is -0.462 e. The third-order valence-electron chi connectivity index (χ3n) is 3.84. The van der Waals surface area contributed by atoms with Crippen molar-refractivity contribution in [2.75, 3.05) is 37.7 Å². The van der Waals surface area contributed by atoms with Crippen LogP contribution in [0.25, 0.3) is 0 Å². The second kappa shape index (κ2) is 8.58. The van der Waals surface area contributed by atoms with Gasteiger partial charge in [0.1, 0.15) is 4.88 Å². The Labute approximate surface area is 141 Å². The smallest absolute Gasteiger partial charge is 0.350 e. The van der Waals surface area contributed by atoms with Gasteiger partial charge >= 0.3 is 5.97 Å². The molecule has 5 N–H and O–H groups in total. The lowest BCUT2D eigenvalue weighted by molar-refractivity contribution is 0.0531. The summed E-state index contributed by atoms with van der Waals surface area (Å²) in [6.45, 7) is 7.88. The molecule has 2 atom stereocenters. The first-order valence-electron chi connectivity index (χ1n) is 8.12. The number of carbonyl (C=O) groups excluding carboxylic acids is 1. The van der Waals surface area contributed by atoms with Gasteiger partial charge in [0.2, 0.25) is 0 Å². The number of thiazole rings is 1. The molecule has 0 spiro atoms. The van der Waals surface area contributed by atoms with Crippen LogP contribution in [-0.2, 0) is 4.74 Å². The monoisotopic (exact) mass is 341 g/mol. The van der Waals surface area contributed by atoms with E-state index in [4.69, 9.17) is 16.2 Å². The first-order chi connectivity index (χ1) is 11.0. The van der Waals surface area contributed by atoms with E-state index in [1.165, 1.54) is 11.3 Å². The second-order valence-corrected chi connectivity index (χ2v) is 6.86. The molecule has 23 heavy (non-hydrogen) atoms. The van der Waals surface area contributed by atoms with Gasteiger partial charge in [-0.25, -0.2) is 9.78 Å². The molecule has 0 unspecified atom stereocenters. The maximum Gasteiger partial charge on any atom is 0.350 e. The normalized spacial score (nSPS) is 23.6. The van der Waals surface area contributed by atoms with Crippen LogP contribution in [-0.4, -0.2) is 55.8 Å². The molecule has 0 amide bonds. The van der Waals surface area contributed by atoms with E-state index in [2.05, 4.69) is 15.2 Å². The fourth-order valence-electron chi connectivity index (χ4n) is 2.54. The van der Waals surface area contributed by atoms with E-state index < -0.39 is 0 Å². The Kier molecular flexibility index (Phi) is 6.76. The lowest BCUT2D eigenvalue weighted by Gasteiger charge is -2.12. The average Bonchev–Trinajstić information content (AvgIpc) is 3.22. The van der Waals surface area contributed by atoms with E-state index in [0.29, 0.717) is 17.5 Å². The zero-order chi connectivity index (χ0) is 16.8. The van der Waals surface area contributed by atoms with Crippen molar-refractivity contribution in [3.8, 4) is 0 Å². The van der Waals surface area contributed by atoms with Crippen LogP contribution in [0.4, 0.5) is 5.13 Å². The number of ether oxygens (including phenoxy) is 1. The van der Waals surface area contributed by atoms with E-state index >= 15 is 0 Å². The van der Waals surface area contributed by atoms with Crippen molar-refractivity contribution >= 4 is 22.4 Å². The fraction of sp³-hybridized carbons (Fsp3) is 0.733. The number of anilines is 1. The number of rotatable bonds is 3. The van der Waals surface area contributed by atoms with Gasteiger partial charge in [-0.3, -0.25) is 0 Å². The summed E-state index contributed by atoms with van der Waals surface area (Å²) in [5.74, 6) is -0.280. The molecule has 0 saturated carbocycles. The molecule has 2 saturated heterocycles. The number of hydrogen-bond donors (Lipinski definition) is 3. The van der Waals surface area contributed by atoms with Gasteiger partial charge in [-0.05, 0) is 33.2 Å². The van der Waals surface area contributed by atoms with Crippen molar-refractivity contribution < 1.29 is 9.53 Å². The lowest BCUT2D eigenvalue weighted by atomic mass is 10.3. The van der Waals surface area contributed by atoms with Crippen molar-refractivity contribution in [2.45, 2.75) is 38.8 Å². The summed E-state index contributed by atoms with van der Waals surface area (Å²) in [7, 11) is 0. The fourth-order valence-corrected chi connectivity index (χ4v) is 3.54. The largest absolute Gasteiger partial charge is 0.462 e. The van der Waals surface area contributed by atoms with Crippen molar-refractivity contribution in [2.24, 2.45) is 11.5 Å². The first-order valence-corrected chi connectivity index (χ1v) is 8.94. The summed E-state index contributed by atoms with van der Waals surface area (Å²) >= 11 is 1.39. The molecular formula is C15H27N5O2S. The van der Waals surface area contributed by atoms with Gasteiger partial charge in [-0.15, -0.1) is 0 Å². The second-order valence-electron chi connectivity index (χ2n) is 5.88. The SMILES string of the molecule is CCOC(=O)c1sc(N2CC[C@@H](N)C2)nc1C.N[C@@H]1CCNC1. The predicted molar refractivity (Wildman–Crippen MR) is 93.1 cm³/mol. The summed E-state index contributed by atoms with van der Waals surface area (Å²) in [6, 6.07) is 0.648. The minimum absolute atomic E-state index is 0.213. The molecule has 8 heteroatoms. The highest BCUT2D eigenvalue weighted by atomic mass is 32.1. The molecule has 0 aromatic carbocycles. The van der Waals surface area contributed by atoms with E-state index in [1.807, 2.05) is 6.92 Å². The average molecular weight is 341 g/mol. The van der Waals surface area contributed by atoms with Crippen LogP contribution in [0.2, 0.25) is 0 Å². The van der Waals surface area contributed by atoms with E-state index in [-0.39, 0.29) is 12.0 Å². The van der Waals surface area contributed by atoms with Gasteiger partial charge in [-0.1, -0.05) is 11.3 Å². The Morgan fingerprint density at radius 3 is 2.70 bits per heavy atom. The molecule has 1 aromatic rings. The number of carbonyl (C=O) groups is 1. The number of hydrogen-bond acceptors (Lipinski definition) is 8. The Balaban J connectivity index is 0.000000268. The van der Waals surface area contributed by atoms with Crippen LogP contribution >= 0.6 is 11.3 Å². The summed E-state index contributed by atoms with van der Waals surface area (Å²) in [4.78, 5) is 18.8. The van der Waals surface area contributed by atoms with Crippen molar-refractivity contribution in [3.63, 3.8) is 0 Å². The molecule has 0 aliphatic carbocycles. The summed E-state index contributed by atoms with van der Waals surface area (Å²) in [5.41, 5.74) is 12.1. The van der Waals surface area contributed by atoms with Gasteiger partial charge < -0.3 is 26.4 Å². The van der Waals surface area contributed by atoms with Crippen LogP contribution in [0.15, 0.2) is 0 Å². The lowest BCUT2D eigenvalue weighted by Crippen LogP contribution is -2.26. The van der Waals surface area contributed by atoms with Crippen LogP contribution in [0.3, 0.4) is 0 Å². The summed E-state index contributed by atoms with van der Waals surface area (Å²) in [6.07, 6.45) is 2.13. The Morgan fingerprint density at radius 2 is 2.22 bits per heavy atom.